The summed E-state index contributed by atoms with van der Waals surface area (Å²) in [6.07, 6.45) is 8.87. The van der Waals surface area contributed by atoms with Crippen molar-refractivity contribution in [3.63, 3.8) is 0 Å². The fourth-order valence-electron chi connectivity index (χ4n) is 2.56. The van der Waals surface area contributed by atoms with E-state index in [0.29, 0.717) is 30.1 Å². The molecule has 0 aliphatic carbocycles. The van der Waals surface area contributed by atoms with E-state index in [0.717, 1.165) is 5.56 Å². The third-order valence-electron chi connectivity index (χ3n) is 3.55. The Morgan fingerprint density at radius 3 is 2.44 bits per heavy atom. The van der Waals surface area contributed by atoms with Crippen LogP contribution >= 0.6 is 0 Å². The Labute approximate surface area is 158 Å². The number of esters is 2. The minimum absolute atomic E-state index is 0.0817. The standard InChI is InChI=1S/C21H22O6/c1-6-9-15-11-14(13-17(24-8-3)18(15)25-10-7-2)12-16-19(22)26-21(4,5)27-20(16)23/h2,6,11-13H,1,8-10H2,3-5H3. The van der Waals surface area contributed by atoms with Crippen molar-refractivity contribution in [2.45, 2.75) is 33.0 Å². The monoisotopic (exact) mass is 370 g/mol. The van der Waals surface area contributed by atoms with E-state index >= 15 is 0 Å². The van der Waals surface area contributed by atoms with Gasteiger partial charge in [-0.3, -0.25) is 0 Å². The van der Waals surface area contributed by atoms with E-state index in [1.54, 1.807) is 18.2 Å². The fraction of sp³-hybridized carbons (Fsp3) is 0.333. The second kappa shape index (κ2) is 8.45. The highest BCUT2D eigenvalue weighted by atomic mass is 16.7. The predicted octanol–water partition coefficient (Wildman–Crippen LogP) is 3.05. The molecule has 1 aromatic rings. The van der Waals surface area contributed by atoms with Crippen LogP contribution in [0.3, 0.4) is 0 Å². The third-order valence-corrected chi connectivity index (χ3v) is 3.55. The fourth-order valence-corrected chi connectivity index (χ4v) is 2.56. The van der Waals surface area contributed by atoms with Crippen LogP contribution in [0.15, 0.2) is 30.4 Å². The molecule has 6 nitrogen and oxygen atoms in total. The number of benzene rings is 1. The van der Waals surface area contributed by atoms with Gasteiger partial charge in [-0.25, -0.2) is 9.59 Å². The van der Waals surface area contributed by atoms with E-state index in [9.17, 15) is 9.59 Å². The van der Waals surface area contributed by atoms with Gasteiger partial charge in [0.25, 0.3) is 5.79 Å². The van der Waals surface area contributed by atoms with Crippen LogP contribution in [0.5, 0.6) is 11.5 Å². The van der Waals surface area contributed by atoms with Gasteiger partial charge in [-0.1, -0.05) is 12.0 Å². The van der Waals surface area contributed by atoms with Gasteiger partial charge >= 0.3 is 11.9 Å². The zero-order chi connectivity index (χ0) is 20.0. The first kappa shape index (κ1) is 20.1. The lowest BCUT2D eigenvalue weighted by atomic mass is 10.0. The number of carbonyl (C=O) groups is 2. The maximum Gasteiger partial charge on any atom is 0.348 e. The summed E-state index contributed by atoms with van der Waals surface area (Å²) in [5, 5.41) is 0. The largest absolute Gasteiger partial charge is 0.490 e. The second-order valence-corrected chi connectivity index (χ2v) is 6.16. The molecule has 1 aliphatic rings. The van der Waals surface area contributed by atoms with E-state index in [1.807, 2.05) is 6.92 Å². The van der Waals surface area contributed by atoms with Crippen molar-refractivity contribution >= 4 is 18.0 Å². The summed E-state index contributed by atoms with van der Waals surface area (Å²) in [6.45, 7) is 9.04. The highest BCUT2D eigenvalue weighted by molar-refractivity contribution is 6.18. The van der Waals surface area contributed by atoms with Crippen LogP contribution in [0.2, 0.25) is 0 Å². The van der Waals surface area contributed by atoms with Crippen molar-refractivity contribution in [2.75, 3.05) is 13.2 Å². The van der Waals surface area contributed by atoms with Gasteiger partial charge in [0.1, 0.15) is 12.2 Å². The molecule has 142 valence electrons. The molecule has 27 heavy (non-hydrogen) atoms. The normalized spacial score (nSPS) is 15.3. The minimum atomic E-state index is -1.29. The number of cyclic esters (lactones) is 2. The van der Waals surface area contributed by atoms with Crippen molar-refractivity contribution in [3.05, 3.63) is 41.5 Å². The number of terminal acetylenes is 1. The molecule has 0 N–H and O–H groups in total. The van der Waals surface area contributed by atoms with E-state index in [1.165, 1.54) is 19.9 Å². The Morgan fingerprint density at radius 2 is 1.89 bits per heavy atom. The second-order valence-electron chi connectivity index (χ2n) is 6.16. The lowest BCUT2D eigenvalue weighted by Crippen LogP contribution is -2.41. The average Bonchev–Trinajstić information content (AvgIpc) is 2.57. The Balaban J connectivity index is 2.50. The van der Waals surface area contributed by atoms with Crippen molar-refractivity contribution in [3.8, 4) is 23.8 Å². The van der Waals surface area contributed by atoms with E-state index in [2.05, 4.69) is 12.5 Å². The number of carbonyl (C=O) groups excluding carboxylic acids is 2. The maximum atomic E-state index is 12.2. The summed E-state index contributed by atoms with van der Waals surface area (Å²) in [5.41, 5.74) is 1.13. The van der Waals surface area contributed by atoms with Gasteiger partial charge in [0.05, 0.1) is 6.61 Å². The zero-order valence-corrected chi connectivity index (χ0v) is 15.7. The molecule has 0 saturated carbocycles. The van der Waals surface area contributed by atoms with Crippen LogP contribution < -0.4 is 9.47 Å². The first-order valence-corrected chi connectivity index (χ1v) is 8.46. The van der Waals surface area contributed by atoms with Gasteiger partial charge < -0.3 is 18.9 Å². The van der Waals surface area contributed by atoms with Crippen LogP contribution in [0.25, 0.3) is 6.08 Å². The molecule has 0 spiro atoms. The molecule has 1 heterocycles. The van der Waals surface area contributed by atoms with Gasteiger partial charge in [-0.2, -0.15) is 0 Å². The SMILES string of the molecule is C#CCOc1c(CC=C)cc(C=C2C(=O)OC(C)(C)OC2=O)cc1OCC. The molecule has 1 aliphatic heterocycles. The first-order valence-electron chi connectivity index (χ1n) is 8.46. The number of ether oxygens (including phenoxy) is 4. The average molecular weight is 370 g/mol. The van der Waals surface area contributed by atoms with E-state index in [-0.39, 0.29) is 12.2 Å². The quantitative estimate of drug-likeness (QED) is 0.242. The van der Waals surface area contributed by atoms with Gasteiger partial charge in [0.15, 0.2) is 11.5 Å². The van der Waals surface area contributed by atoms with Gasteiger partial charge in [-0.15, -0.1) is 13.0 Å². The summed E-state index contributed by atoms with van der Waals surface area (Å²) >= 11 is 0. The molecule has 0 amide bonds. The predicted molar refractivity (Wildman–Crippen MR) is 100 cm³/mol. The summed E-state index contributed by atoms with van der Waals surface area (Å²) in [6, 6.07) is 3.43. The van der Waals surface area contributed by atoms with E-state index in [4.69, 9.17) is 25.4 Å². The summed E-state index contributed by atoms with van der Waals surface area (Å²) in [4.78, 5) is 24.3. The van der Waals surface area contributed by atoms with Gasteiger partial charge in [-0.05, 0) is 37.1 Å². The molecular weight excluding hydrogens is 348 g/mol. The number of hydrogen-bond donors (Lipinski definition) is 0. The van der Waals surface area contributed by atoms with Crippen molar-refractivity contribution < 1.29 is 28.5 Å². The smallest absolute Gasteiger partial charge is 0.348 e. The lowest BCUT2D eigenvalue weighted by molar-refractivity contribution is -0.222. The zero-order valence-electron chi connectivity index (χ0n) is 15.7. The molecule has 0 aromatic heterocycles. The molecule has 6 heteroatoms. The molecule has 2 rings (SSSR count). The molecule has 1 saturated heterocycles. The van der Waals surface area contributed by atoms with Gasteiger partial charge in [0.2, 0.25) is 0 Å². The Kier molecular flexibility index (Phi) is 6.30. The summed E-state index contributed by atoms with van der Waals surface area (Å²) in [7, 11) is 0. The van der Waals surface area contributed by atoms with Crippen LogP contribution in [-0.2, 0) is 25.5 Å². The number of hydrogen-bond acceptors (Lipinski definition) is 6. The maximum absolute atomic E-state index is 12.2. The number of allylic oxidation sites excluding steroid dienone is 1. The van der Waals surface area contributed by atoms with Crippen LogP contribution in [0, 0.1) is 12.3 Å². The number of rotatable bonds is 7. The Morgan fingerprint density at radius 1 is 1.22 bits per heavy atom. The van der Waals surface area contributed by atoms with Crippen molar-refractivity contribution in [1.82, 2.24) is 0 Å². The Hall–Kier alpha value is -3.20. The molecular formula is C21H22O6. The van der Waals surface area contributed by atoms with Crippen LogP contribution in [-0.4, -0.2) is 30.9 Å². The highest BCUT2D eigenvalue weighted by Crippen LogP contribution is 2.35. The third kappa shape index (κ3) is 4.91. The van der Waals surface area contributed by atoms with Gasteiger partial charge in [0, 0.05) is 19.4 Å². The molecule has 1 fully saturated rings. The topological polar surface area (TPSA) is 71.1 Å². The molecule has 0 unspecified atom stereocenters. The summed E-state index contributed by atoms with van der Waals surface area (Å²) < 4.78 is 21.5. The first-order chi connectivity index (χ1) is 12.8. The highest BCUT2D eigenvalue weighted by Gasteiger charge is 2.38. The van der Waals surface area contributed by atoms with E-state index < -0.39 is 17.7 Å². The molecule has 0 radical (unpaired) electrons. The lowest BCUT2D eigenvalue weighted by Gasteiger charge is -2.29. The minimum Gasteiger partial charge on any atom is -0.490 e. The molecule has 0 atom stereocenters. The van der Waals surface area contributed by atoms with Crippen LogP contribution in [0.1, 0.15) is 31.9 Å². The molecule has 0 bridgehead atoms. The Bertz CT molecular complexity index is 804. The summed E-state index contributed by atoms with van der Waals surface area (Å²) in [5.74, 6) is 0.603. The van der Waals surface area contributed by atoms with Crippen LogP contribution in [0.4, 0.5) is 0 Å². The van der Waals surface area contributed by atoms with Crippen molar-refractivity contribution in [1.29, 1.82) is 0 Å². The van der Waals surface area contributed by atoms with Crippen molar-refractivity contribution in [2.24, 2.45) is 0 Å². The molecule has 1 aromatic carbocycles.